The Morgan fingerprint density at radius 2 is 1.58 bits per heavy atom. The minimum Gasteiger partial charge on any atom is -0.497 e. The van der Waals surface area contributed by atoms with Crippen LogP contribution in [0.4, 0.5) is 0 Å². The molecule has 0 saturated heterocycles. The van der Waals surface area contributed by atoms with Gasteiger partial charge in [0.2, 0.25) is 0 Å². The van der Waals surface area contributed by atoms with Crippen molar-refractivity contribution in [2.24, 2.45) is 4.99 Å². The van der Waals surface area contributed by atoms with Gasteiger partial charge in [0.15, 0.2) is 5.96 Å². The van der Waals surface area contributed by atoms with Crippen LogP contribution in [-0.4, -0.2) is 52.6 Å². The summed E-state index contributed by atoms with van der Waals surface area (Å²) in [4.78, 5) is 4.56. The fourth-order valence-corrected chi connectivity index (χ4v) is 3.09. The second kappa shape index (κ2) is 11.9. The number of aliphatic hydroxyl groups excluding tert-OH is 1. The van der Waals surface area contributed by atoms with E-state index in [0.717, 1.165) is 17.1 Å². The average Bonchev–Trinajstić information content (AvgIpc) is 2.81. The monoisotopic (exact) mass is 431 g/mol. The van der Waals surface area contributed by atoms with Crippen molar-refractivity contribution in [1.29, 1.82) is 0 Å². The van der Waals surface area contributed by atoms with Gasteiger partial charge < -0.3 is 34.7 Å². The summed E-state index contributed by atoms with van der Waals surface area (Å²) in [6.07, 6.45) is -0.818. The van der Waals surface area contributed by atoms with Crippen molar-refractivity contribution < 1.29 is 24.1 Å². The molecule has 0 spiro atoms. The van der Waals surface area contributed by atoms with Crippen LogP contribution in [0, 0.1) is 0 Å². The first-order valence-electron chi connectivity index (χ1n) is 10.1. The molecular weight excluding hydrogens is 398 g/mol. The molecule has 31 heavy (non-hydrogen) atoms. The molecule has 0 saturated carbocycles. The van der Waals surface area contributed by atoms with Crippen LogP contribution >= 0.6 is 0 Å². The zero-order valence-electron chi connectivity index (χ0n) is 19.1. The summed E-state index contributed by atoms with van der Waals surface area (Å²) in [6, 6.07) is 10.8. The van der Waals surface area contributed by atoms with E-state index < -0.39 is 6.10 Å². The lowest BCUT2D eigenvalue weighted by atomic mass is 10.1. The van der Waals surface area contributed by atoms with Gasteiger partial charge in [0.25, 0.3) is 0 Å². The molecule has 170 valence electrons. The predicted octanol–water partition coefficient (Wildman–Crippen LogP) is 3.07. The number of nitrogens with one attached hydrogen (secondary N) is 2. The average molecular weight is 432 g/mol. The third-order valence-corrected chi connectivity index (χ3v) is 4.78. The van der Waals surface area contributed by atoms with Crippen molar-refractivity contribution in [3.05, 3.63) is 47.5 Å². The smallest absolute Gasteiger partial charge is 0.191 e. The van der Waals surface area contributed by atoms with E-state index in [9.17, 15) is 5.11 Å². The lowest BCUT2D eigenvalue weighted by Crippen LogP contribution is -2.39. The summed E-state index contributed by atoms with van der Waals surface area (Å²) in [7, 11) is 6.41. The van der Waals surface area contributed by atoms with Gasteiger partial charge in [-0.2, -0.15) is 0 Å². The molecule has 0 aliphatic rings. The van der Waals surface area contributed by atoms with Crippen LogP contribution in [0.5, 0.6) is 23.0 Å². The van der Waals surface area contributed by atoms with Gasteiger partial charge in [-0.05, 0) is 49.7 Å². The molecule has 0 amide bonds. The zero-order chi connectivity index (χ0) is 22.8. The molecule has 3 N–H and O–H groups in total. The minimum absolute atomic E-state index is 0.114. The maximum Gasteiger partial charge on any atom is 0.191 e. The van der Waals surface area contributed by atoms with E-state index in [1.54, 1.807) is 46.6 Å². The zero-order valence-corrected chi connectivity index (χ0v) is 19.1. The highest BCUT2D eigenvalue weighted by molar-refractivity contribution is 5.80. The number of ether oxygens (including phenoxy) is 4. The van der Waals surface area contributed by atoms with Crippen LogP contribution in [0.1, 0.15) is 37.1 Å². The Morgan fingerprint density at radius 1 is 0.935 bits per heavy atom. The molecule has 0 radical (unpaired) electrons. The third-order valence-electron chi connectivity index (χ3n) is 4.78. The quantitative estimate of drug-likeness (QED) is 0.393. The molecule has 8 nitrogen and oxygen atoms in total. The number of nitrogens with zero attached hydrogens (tertiary/aromatic N) is 1. The van der Waals surface area contributed by atoms with Crippen LogP contribution < -0.4 is 29.6 Å². The molecule has 2 atom stereocenters. The minimum atomic E-state index is -0.818. The number of hydrogen-bond acceptors (Lipinski definition) is 6. The molecule has 0 fully saturated rings. The lowest BCUT2D eigenvalue weighted by Gasteiger charge is -2.21. The van der Waals surface area contributed by atoms with Gasteiger partial charge in [-0.1, -0.05) is 0 Å². The standard InChI is InChI=1S/C23H33N3O5/c1-7-24-23(26-15(2)20-13-17(28-3)8-9-22(20)31-6)25-14-21(27)16-10-18(29-4)12-19(11-16)30-5/h8-13,15,21,27H,7,14H2,1-6H3,(H2,24,25,26). The summed E-state index contributed by atoms with van der Waals surface area (Å²) in [6.45, 7) is 4.83. The molecule has 8 heteroatoms. The second-order valence-corrected chi connectivity index (χ2v) is 6.86. The Hall–Kier alpha value is -3.13. The van der Waals surface area contributed by atoms with Gasteiger partial charge >= 0.3 is 0 Å². The van der Waals surface area contributed by atoms with Crippen LogP contribution in [0.2, 0.25) is 0 Å². The van der Waals surface area contributed by atoms with Crippen molar-refractivity contribution in [2.45, 2.75) is 26.0 Å². The maximum atomic E-state index is 10.7. The van der Waals surface area contributed by atoms with Gasteiger partial charge in [0.1, 0.15) is 23.0 Å². The number of methoxy groups -OCH3 is 4. The third kappa shape index (κ3) is 6.68. The Labute approximate surface area is 184 Å². The highest BCUT2D eigenvalue weighted by Crippen LogP contribution is 2.29. The molecule has 2 rings (SSSR count). The van der Waals surface area contributed by atoms with E-state index in [1.807, 2.05) is 32.0 Å². The van der Waals surface area contributed by atoms with Gasteiger partial charge in [-0.3, -0.25) is 4.99 Å². The van der Waals surface area contributed by atoms with Crippen molar-refractivity contribution >= 4 is 5.96 Å². The number of aliphatic imine (C=N–C) groups is 1. The van der Waals surface area contributed by atoms with E-state index >= 15 is 0 Å². The molecule has 0 aliphatic carbocycles. The number of hydrogen-bond donors (Lipinski definition) is 3. The highest BCUT2D eigenvalue weighted by Gasteiger charge is 2.16. The first-order chi connectivity index (χ1) is 14.9. The predicted molar refractivity (Wildman–Crippen MR) is 122 cm³/mol. The van der Waals surface area contributed by atoms with Gasteiger partial charge in [-0.25, -0.2) is 0 Å². The van der Waals surface area contributed by atoms with Gasteiger partial charge in [0.05, 0.1) is 47.1 Å². The molecule has 0 aromatic heterocycles. The second-order valence-electron chi connectivity index (χ2n) is 6.86. The summed E-state index contributed by atoms with van der Waals surface area (Å²) >= 11 is 0. The van der Waals surface area contributed by atoms with Crippen LogP contribution in [0.25, 0.3) is 0 Å². The van der Waals surface area contributed by atoms with Crippen molar-refractivity contribution in [1.82, 2.24) is 10.6 Å². The van der Waals surface area contributed by atoms with Crippen LogP contribution in [0.3, 0.4) is 0 Å². The highest BCUT2D eigenvalue weighted by atomic mass is 16.5. The van der Waals surface area contributed by atoms with Crippen molar-refractivity contribution in [3.63, 3.8) is 0 Å². The van der Waals surface area contributed by atoms with E-state index in [-0.39, 0.29) is 12.6 Å². The van der Waals surface area contributed by atoms with E-state index in [2.05, 4.69) is 15.6 Å². The Morgan fingerprint density at radius 3 is 2.13 bits per heavy atom. The first kappa shape index (κ1) is 24.1. The Kier molecular flexibility index (Phi) is 9.27. The normalized spacial score (nSPS) is 13.2. The number of rotatable bonds is 10. The largest absolute Gasteiger partial charge is 0.497 e. The maximum absolute atomic E-state index is 10.7. The number of aliphatic hydroxyl groups is 1. The Bertz CT molecular complexity index is 850. The van der Waals surface area contributed by atoms with E-state index in [0.29, 0.717) is 29.6 Å². The molecule has 0 bridgehead atoms. The summed E-state index contributed by atoms with van der Waals surface area (Å²) in [5.41, 5.74) is 1.60. The molecule has 0 aliphatic heterocycles. The summed E-state index contributed by atoms with van der Waals surface area (Å²) in [5, 5.41) is 17.2. The number of benzene rings is 2. The number of guanidine groups is 1. The SMILES string of the molecule is CCNC(=NCC(O)c1cc(OC)cc(OC)c1)NC(C)c1cc(OC)ccc1OC. The summed E-state index contributed by atoms with van der Waals surface area (Å²) in [5.74, 6) is 3.30. The summed E-state index contributed by atoms with van der Waals surface area (Å²) < 4.78 is 21.4. The van der Waals surface area contributed by atoms with Crippen LogP contribution in [-0.2, 0) is 0 Å². The van der Waals surface area contributed by atoms with Gasteiger partial charge in [0, 0.05) is 18.2 Å². The lowest BCUT2D eigenvalue weighted by molar-refractivity contribution is 0.186. The van der Waals surface area contributed by atoms with E-state index in [4.69, 9.17) is 18.9 Å². The fraction of sp³-hybridized carbons (Fsp3) is 0.435. The molecular formula is C23H33N3O5. The fourth-order valence-electron chi connectivity index (χ4n) is 3.09. The molecule has 2 aromatic carbocycles. The Balaban J connectivity index is 2.18. The first-order valence-corrected chi connectivity index (χ1v) is 10.1. The molecule has 2 aromatic rings. The molecule has 0 heterocycles. The van der Waals surface area contributed by atoms with Crippen molar-refractivity contribution in [2.75, 3.05) is 41.5 Å². The van der Waals surface area contributed by atoms with Crippen LogP contribution in [0.15, 0.2) is 41.4 Å². The van der Waals surface area contributed by atoms with Crippen molar-refractivity contribution in [3.8, 4) is 23.0 Å². The van der Waals surface area contributed by atoms with E-state index in [1.165, 1.54) is 0 Å². The molecule has 2 unspecified atom stereocenters. The van der Waals surface area contributed by atoms with Gasteiger partial charge in [-0.15, -0.1) is 0 Å². The topological polar surface area (TPSA) is 93.6 Å².